The molecule has 2 aliphatic rings. The molecule has 0 unspecified atom stereocenters. The van der Waals surface area contributed by atoms with Crippen molar-refractivity contribution in [2.45, 2.75) is 12.8 Å². The first-order valence-electron chi connectivity index (χ1n) is 6.59. The molecule has 0 aromatic heterocycles. The first-order valence-corrected chi connectivity index (χ1v) is 6.59. The Bertz CT molecular complexity index is 543. The van der Waals surface area contributed by atoms with E-state index in [-0.39, 0.29) is 17.0 Å². The van der Waals surface area contributed by atoms with E-state index in [9.17, 15) is 14.4 Å². The smallest absolute Gasteiger partial charge is 0.329 e. The Labute approximate surface area is 115 Å². The van der Waals surface area contributed by atoms with Crippen LogP contribution in [0, 0.1) is 5.92 Å². The molecule has 0 radical (unpaired) electrons. The van der Waals surface area contributed by atoms with Crippen LogP contribution in [0.3, 0.4) is 0 Å². The summed E-state index contributed by atoms with van der Waals surface area (Å²) in [5.41, 5.74) is 0.547. The highest BCUT2D eigenvalue weighted by Gasteiger charge is 2.39. The van der Waals surface area contributed by atoms with Gasteiger partial charge in [0.2, 0.25) is 0 Å². The van der Waals surface area contributed by atoms with Crippen LogP contribution < -0.4 is 5.32 Å². The van der Waals surface area contributed by atoms with Crippen LogP contribution in [0.1, 0.15) is 33.6 Å². The molecule has 1 aromatic carbocycles. The number of hydrogen-bond acceptors (Lipinski definition) is 5. The molecule has 0 bridgehead atoms. The van der Waals surface area contributed by atoms with Crippen molar-refractivity contribution in [3.8, 4) is 0 Å². The Morgan fingerprint density at radius 2 is 1.65 bits per heavy atom. The predicted octanol–water partition coefficient (Wildman–Crippen LogP) is 0.740. The molecular weight excluding hydrogens is 260 g/mol. The van der Waals surface area contributed by atoms with Crippen LogP contribution in [-0.2, 0) is 9.63 Å². The number of nitrogens with zero attached hydrogens (tertiary/aromatic N) is 1. The number of hydroxylamine groups is 2. The van der Waals surface area contributed by atoms with E-state index >= 15 is 0 Å². The number of carbonyl (C=O) groups is 3. The minimum atomic E-state index is -0.576. The van der Waals surface area contributed by atoms with Crippen molar-refractivity contribution < 1.29 is 19.2 Å². The highest BCUT2D eigenvalue weighted by molar-refractivity contribution is 6.20. The Balaban J connectivity index is 1.74. The number of amides is 2. The summed E-state index contributed by atoms with van der Waals surface area (Å²) in [5, 5.41) is 3.72. The van der Waals surface area contributed by atoms with Crippen LogP contribution in [0.25, 0.3) is 0 Å². The van der Waals surface area contributed by atoms with Gasteiger partial charge in [0.15, 0.2) is 0 Å². The topological polar surface area (TPSA) is 75.7 Å². The molecule has 0 saturated carbocycles. The fourth-order valence-electron chi connectivity index (χ4n) is 2.47. The van der Waals surface area contributed by atoms with E-state index < -0.39 is 17.8 Å². The zero-order valence-corrected chi connectivity index (χ0v) is 10.8. The van der Waals surface area contributed by atoms with Gasteiger partial charge in [-0.2, -0.15) is 0 Å². The van der Waals surface area contributed by atoms with Gasteiger partial charge in [0, 0.05) is 0 Å². The van der Waals surface area contributed by atoms with E-state index in [0.29, 0.717) is 17.9 Å². The number of benzene rings is 1. The number of rotatable bonds is 2. The van der Waals surface area contributed by atoms with Crippen molar-refractivity contribution in [2.24, 2.45) is 5.92 Å². The Kier molecular flexibility index (Phi) is 3.23. The van der Waals surface area contributed by atoms with Gasteiger partial charge in [-0.15, -0.1) is 0 Å². The SMILES string of the molecule is O=C(ON1C(=O)c2ccccc2C1=O)C1CCNCC1. The normalized spacial score (nSPS) is 19.1. The van der Waals surface area contributed by atoms with Gasteiger partial charge in [0.1, 0.15) is 0 Å². The molecule has 104 valence electrons. The van der Waals surface area contributed by atoms with Crippen LogP contribution in [0.2, 0.25) is 0 Å². The van der Waals surface area contributed by atoms with E-state index in [1.165, 1.54) is 0 Å². The van der Waals surface area contributed by atoms with Crippen molar-refractivity contribution in [1.29, 1.82) is 0 Å². The van der Waals surface area contributed by atoms with Crippen LogP contribution >= 0.6 is 0 Å². The quantitative estimate of drug-likeness (QED) is 0.805. The molecular formula is C14H14N2O4. The Morgan fingerprint density at radius 1 is 1.10 bits per heavy atom. The summed E-state index contributed by atoms with van der Waals surface area (Å²) in [6.07, 6.45) is 1.31. The van der Waals surface area contributed by atoms with E-state index in [0.717, 1.165) is 13.1 Å². The first-order chi connectivity index (χ1) is 9.68. The molecule has 0 aliphatic carbocycles. The number of carbonyl (C=O) groups excluding carboxylic acids is 3. The lowest BCUT2D eigenvalue weighted by Crippen LogP contribution is -2.38. The Hall–Kier alpha value is -2.21. The molecule has 0 spiro atoms. The summed E-state index contributed by atoms with van der Waals surface area (Å²) < 4.78 is 0. The van der Waals surface area contributed by atoms with Gasteiger partial charge in [0.25, 0.3) is 11.8 Å². The average Bonchev–Trinajstić information content (AvgIpc) is 2.74. The first kappa shape index (κ1) is 12.8. The molecule has 6 nitrogen and oxygen atoms in total. The Morgan fingerprint density at radius 3 is 2.20 bits per heavy atom. The monoisotopic (exact) mass is 274 g/mol. The maximum atomic E-state index is 12.0. The third-order valence-electron chi connectivity index (χ3n) is 3.61. The summed E-state index contributed by atoms with van der Waals surface area (Å²) in [6.45, 7) is 1.48. The minimum absolute atomic E-state index is 0.263. The molecule has 20 heavy (non-hydrogen) atoms. The van der Waals surface area contributed by atoms with Gasteiger partial charge in [-0.25, -0.2) is 4.79 Å². The lowest BCUT2D eigenvalue weighted by Gasteiger charge is -2.22. The molecule has 0 atom stereocenters. The number of imide groups is 1. The van der Waals surface area contributed by atoms with Crippen LogP contribution in [0.5, 0.6) is 0 Å². The largest absolute Gasteiger partial charge is 0.336 e. The number of nitrogens with one attached hydrogen (secondary N) is 1. The fraction of sp³-hybridized carbons (Fsp3) is 0.357. The summed E-state index contributed by atoms with van der Waals surface area (Å²) in [4.78, 5) is 41.1. The third kappa shape index (κ3) is 2.08. The molecule has 2 aliphatic heterocycles. The highest BCUT2D eigenvalue weighted by Crippen LogP contribution is 2.24. The molecule has 1 aromatic rings. The van der Waals surface area contributed by atoms with Gasteiger partial charge < -0.3 is 10.2 Å². The van der Waals surface area contributed by atoms with E-state index in [1.807, 2.05) is 0 Å². The zero-order chi connectivity index (χ0) is 14.1. The van der Waals surface area contributed by atoms with Gasteiger partial charge in [0.05, 0.1) is 17.0 Å². The summed E-state index contributed by atoms with van der Waals surface area (Å²) >= 11 is 0. The maximum Gasteiger partial charge on any atom is 0.336 e. The fourth-order valence-corrected chi connectivity index (χ4v) is 2.47. The zero-order valence-electron chi connectivity index (χ0n) is 10.8. The summed E-state index contributed by atoms with van der Waals surface area (Å²) in [6, 6.07) is 6.44. The number of piperidine rings is 1. The predicted molar refractivity (Wildman–Crippen MR) is 68.6 cm³/mol. The molecule has 1 N–H and O–H groups in total. The van der Waals surface area contributed by atoms with Crippen LogP contribution in [-0.4, -0.2) is 35.9 Å². The molecule has 3 rings (SSSR count). The minimum Gasteiger partial charge on any atom is -0.329 e. The average molecular weight is 274 g/mol. The van der Waals surface area contributed by atoms with Crippen LogP contribution in [0.15, 0.2) is 24.3 Å². The standard InChI is InChI=1S/C14H14N2O4/c17-12-10-3-1-2-4-11(10)13(18)16(12)20-14(19)9-5-7-15-8-6-9/h1-4,9,15H,5-8H2. The summed E-state index contributed by atoms with van der Waals surface area (Å²) in [5.74, 6) is -1.93. The van der Waals surface area contributed by atoms with Crippen molar-refractivity contribution in [3.63, 3.8) is 0 Å². The lowest BCUT2D eigenvalue weighted by atomic mass is 9.99. The second-order valence-electron chi connectivity index (χ2n) is 4.88. The molecule has 6 heteroatoms. The van der Waals surface area contributed by atoms with Crippen molar-refractivity contribution in [1.82, 2.24) is 10.4 Å². The van der Waals surface area contributed by atoms with E-state index in [4.69, 9.17) is 4.84 Å². The van der Waals surface area contributed by atoms with Crippen LogP contribution in [0.4, 0.5) is 0 Å². The molecule has 1 fully saturated rings. The van der Waals surface area contributed by atoms with E-state index in [1.54, 1.807) is 24.3 Å². The number of hydrogen-bond donors (Lipinski definition) is 1. The van der Waals surface area contributed by atoms with Gasteiger partial charge in [-0.05, 0) is 38.1 Å². The second kappa shape index (κ2) is 5.05. The van der Waals surface area contributed by atoms with Crippen molar-refractivity contribution in [3.05, 3.63) is 35.4 Å². The second-order valence-corrected chi connectivity index (χ2v) is 4.88. The highest BCUT2D eigenvalue weighted by atomic mass is 16.7. The van der Waals surface area contributed by atoms with Crippen molar-refractivity contribution in [2.75, 3.05) is 13.1 Å². The third-order valence-corrected chi connectivity index (χ3v) is 3.61. The molecule has 2 amide bonds. The maximum absolute atomic E-state index is 12.0. The van der Waals surface area contributed by atoms with Gasteiger partial charge in [-0.1, -0.05) is 17.2 Å². The van der Waals surface area contributed by atoms with Crippen molar-refractivity contribution >= 4 is 17.8 Å². The van der Waals surface area contributed by atoms with E-state index in [2.05, 4.69) is 5.32 Å². The molecule has 1 saturated heterocycles. The van der Waals surface area contributed by atoms with Gasteiger partial charge >= 0.3 is 5.97 Å². The summed E-state index contributed by atoms with van der Waals surface area (Å²) in [7, 11) is 0. The number of fused-ring (bicyclic) bond motifs is 1. The van der Waals surface area contributed by atoms with Gasteiger partial charge in [-0.3, -0.25) is 9.59 Å². The lowest BCUT2D eigenvalue weighted by molar-refractivity contribution is -0.174. The molecule has 2 heterocycles.